The second-order valence-electron chi connectivity index (χ2n) is 11.3. The van der Waals surface area contributed by atoms with Gasteiger partial charge in [-0.1, -0.05) is 42.5 Å². The molecule has 7 heteroatoms. The van der Waals surface area contributed by atoms with Gasteiger partial charge in [-0.05, 0) is 66.1 Å². The lowest BCUT2D eigenvalue weighted by Crippen LogP contribution is -2.65. The number of rotatable bonds is 2. The zero-order valence-corrected chi connectivity index (χ0v) is 21.7. The van der Waals surface area contributed by atoms with Crippen molar-refractivity contribution >= 4 is 27.7 Å². The SMILES string of the molecule is CN[C@@H]1C[C@H]2O[C@](N)(CCC3Cc4ccccc4-c4c5c(c6c7ccccc7n2c6c43)C(=O)NC5)[C@@H]1OC. The van der Waals surface area contributed by atoms with Crippen molar-refractivity contribution in [1.82, 2.24) is 15.2 Å². The molecular formula is C31H32N4O3. The van der Waals surface area contributed by atoms with Crippen LogP contribution in [0.1, 0.15) is 58.5 Å². The average Bonchev–Trinajstić information content (AvgIpc) is 3.49. The van der Waals surface area contributed by atoms with Gasteiger partial charge in [0.1, 0.15) is 18.1 Å². The van der Waals surface area contributed by atoms with E-state index in [0.717, 1.165) is 45.8 Å². The molecular weight excluding hydrogens is 476 g/mol. The summed E-state index contributed by atoms with van der Waals surface area (Å²) in [6.07, 6.45) is 2.64. The normalized spacial score (nSPS) is 29.4. The number of ether oxygens (including phenoxy) is 2. The van der Waals surface area contributed by atoms with Crippen LogP contribution in [0, 0.1) is 0 Å². The Balaban J connectivity index is 1.56. The number of carbonyl (C=O) groups is 1. The number of nitrogens with one attached hydrogen (secondary N) is 2. The number of methoxy groups -OCH3 is 1. The first-order valence-electron chi connectivity index (χ1n) is 13.7. The van der Waals surface area contributed by atoms with E-state index in [4.69, 9.17) is 15.2 Å². The van der Waals surface area contributed by atoms with Crippen molar-refractivity contribution in [2.24, 2.45) is 5.73 Å². The summed E-state index contributed by atoms with van der Waals surface area (Å²) in [7, 11) is 3.70. The Hall–Kier alpha value is -3.23. The Morgan fingerprint density at radius 1 is 1.16 bits per heavy atom. The predicted octanol–water partition coefficient (Wildman–Crippen LogP) is 4.32. The minimum atomic E-state index is -0.942. The second kappa shape index (κ2) is 7.90. The number of para-hydroxylation sites is 1. The summed E-state index contributed by atoms with van der Waals surface area (Å²) in [6, 6.07) is 17.2. The van der Waals surface area contributed by atoms with E-state index in [2.05, 4.69) is 63.7 Å². The minimum Gasteiger partial charge on any atom is -0.375 e. The van der Waals surface area contributed by atoms with Crippen molar-refractivity contribution in [2.45, 2.75) is 62.2 Å². The van der Waals surface area contributed by atoms with Gasteiger partial charge in [-0.3, -0.25) is 4.79 Å². The lowest BCUT2D eigenvalue weighted by atomic mass is 9.72. The second-order valence-corrected chi connectivity index (χ2v) is 11.3. The third-order valence-electron chi connectivity index (χ3n) is 9.56. The van der Waals surface area contributed by atoms with E-state index in [9.17, 15) is 4.79 Å². The first kappa shape index (κ1) is 22.7. The van der Waals surface area contributed by atoms with Gasteiger partial charge in [0.05, 0.1) is 16.6 Å². The monoisotopic (exact) mass is 508 g/mol. The molecule has 1 aromatic heterocycles. The molecule has 3 aromatic carbocycles. The highest BCUT2D eigenvalue weighted by atomic mass is 16.6. The molecule has 194 valence electrons. The Kier molecular flexibility index (Phi) is 4.72. The molecule has 3 aliphatic heterocycles. The van der Waals surface area contributed by atoms with E-state index in [0.29, 0.717) is 19.4 Å². The maximum absolute atomic E-state index is 13.5. The van der Waals surface area contributed by atoms with Crippen molar-refractivity contribution in [3.8, 4) is 11.1 Å². The summed E-state index contributed by atoms with van der Waals surface area (Å²) in [5.41, 5.74) is 15.5. The molecule has 0 spiro atoms. The van der Waals surface area contributed by atoms with E-state index in [1.54, 1.807) is 7.11 Å². The number of fused-ring (bicyclic) bond motifs is 11. The molecule has 2 bridgehead atoms. The van der Waals surface area contributed by atoms with Crippen LogP contribution in [0.4, 0.5) is 0 Å². The zero-order valence-electron chi connectivity index (χ0n) is 21.7. The topological polar surface area (TPSA) is 90.5 Å². The van der Waals surface area contributed by atoms with Crippen LogP contribution in [0.25, 0.3) is 32.9 Å². The van der Waals surface area contributed by atoms with Gasteiger partial charge in [0.2, 0.25) is 0 Å². The van der Waals surface area contributed by atoms with Crippen LogP contribution in [-0.2, 0) is 22.4 Å². The molecule has 1 fully saturated rings. The van der Waals surface area contributed by atoms with E-state index < -0.39 is 5.72 Å². The van der Waals surface area contributed by atoms with E-state index in [1.165, 1.54) is 22.3 Å². The number of amides is 1. The molecule has 4 N–H and O–H groups in total. The molecule has 1 aliphatic carbocycles. The molecule has 4 aromatic rings. The first-order valence-corrected chi connectivity index (χ1v) is 13.7. The van der Waals surface area contributed by atoms with Crippen molar-refractivity contribution < 1.29 is 14.3 Å². The summed E-state index contributed by atoms with van der Waals surface area (Å²) < 4.78 is 15.3. The van der Waals surface area contributed by atoms with Crippen molar-refractivity contribution in [1.29, 1.82) is 0 Å². The molecule has 7 nitrogen and oxygen atoms in total. The number of nitrogens with zero attached hydrogens (tertiary/aromatic N) is 1. The fourth-order valence-corrected chi connectivity index (χ4v) is 8.02. The van der Waals surface area contributed by atoms with Crippen LogP contribution < -0.4 is 16.4 Å². The van der Waals surface area contributed by atoms with Gasteiger partial charge in [0.25, 0.3) is 5.91 Å². The quantitative estimate of drug-likeness (QED) is 0.375. The maximum Gasteiger partial charge on any atom is 0.252 e. The number of benzene rings is 3. The van der Waals surface area contributed by atoms with E-state index in [1.807, 2.05) is 7.05 Å². The Bertz CT molecular complexity index is 1660. The number of nitrogens with two attached hydrogens (primary N) is 1. The van der Waals surface area contributed by atoms with Crippen LogP contribution in [0.15, 0.2) is 48.5 Å². The van der Waals surface area contributed by atoms with E-state index >= 15 is 0 Å². The van der Waals surface area contributed by atoms with Gasteiger partial charge >= 0.3 is 0 Å². The Morgan fingerprint density at radius 2 is 1.97 bits per heavy atom. The van der Waals surface area contributed by atoms with Gasteiger partial charge in [-0.25, -0.2) is 0 Å². The van der Waals surface area contributed by atoms with Crippen LogP contribution in [0.5, 0.6) is 0 Å². The van der Waals surface area contributed by atoms with Gasteiger partial charge in [-0.2, -0.15) is 0 Å². The van der Waals surface area contributed by atoms with Gasteiger partial charge in [0.15, 0.2) is 0 Å². The molecule has 0 radical (unpaired) electrons. The van der Waals surface area contributed by atoms with Gasteiger partial charge < -0.3 is 30.4 Å². The van der Waals surface area contributed by atoms with Gasteiger partial charge in [-0.15, -0.1) is 0 Å². The lowest BCUT2D eigenvalue weighted by Gasteiger charge is -2.48. The van der Waals surface area contributed by atoms with Crippen LogP contribution >= 0.6 is 0 Å². The maximum atomic E-state index is 13.5. The molecule has 1 saturated heterocycles. The number of hydrogen-bond donors (Lipinski definition) is 3. The fourth-order valence-electron chi connectivity index (χ4n) is 8.02. The minimum absolute atomic E-state index is 0.00969. The predicted molar refractivity (Wildman–Crippen MR) is 147 cm³/mol. The molecule has 1 amide bonds. The Morgan fingerprint density at radius 3 is 2.82 bits per heavy atom. The fraction of sp³-hybridized carbons (Fsp3) is 0.387. The Labute approximate surface area is 221 Å². The summed E-state index contributed by atoms with van der Waals surface area (Å²) in [6.45, 7) is 0.557. The number of carbonyl (C=O) groups excluding carboxylic acids is 1. The molecule has 0 saturated carbocycles. The summed E-state index contributed by atoms with van der Waals surface area (Å²) >= 11 is 0. The third-order valence-corrected chi connectivity index (χ3v) is 9.56. The summed E-state index contributed by atoms with van der Waals surface area (Å²) in [5, 5.41) is 8.78. The molecule has 4 aliphatic rings. The molecule has 1 unspecified atom stereocenters. The zero-order chi connectivity index (χ0) is 25.8. The summed E-state index contributed by atoms with van der Waals surface area (Å²) in [4.78, 5) is 13.5. The van der Waals surface area contributed by atoms with Crippen LogP contribution in [0.3, 0.4) is 0 Å². The lowest BCUT2D eigenvalue weighted by molar-refractivity contribution is -0.229. The summed E-state index contributed by atoms with van der Waals surface area (Å²) in [5.74, 6) is 0.260. The smallest absolute Gasteiger partial charge is 0.252 e. The largest absolute Gasteiger partial charge is 0.375 e. The van der Waals surface area contributed by atoms with Gasteiger partial charge in [0, 0.05) is 36.9 Å². The number of likely N-dealkylation sites (N-methyl/N-ethyl adjacent to an activating group) is 1. The van der Waals surface area contributed by atoms with Crippen molar-refractivity contribution in [3.63, 3.8) is 0 Å². The van der Waals surface area contributed by atoms with Crippen LogP contribution in [0.2, 0.25) is 0 Å². The highest BCUT2D eigenvalue weighted by Gasteiger charge is 2.50. The molecule has 8 rings (SSSR count). The highest BCUT2D eigenvalue weighted by molar-refractivity contribution is 6.22. The average molecular weight is 509 g/mol. The third kappa shape index (κ3) is 2.80. The van der Waals surface area contributed by atoms with Crippen molar-refractivity contribution in [2.75, 3.05) is 14.2 Å². The molecule has 38 heavy (non-hydrogen) atoms. The standard InChI is InChI=1S/C31H32N4O3/c1-33-21-14-23-35-22-10-6-5-9-19(22)26-27-20(15-34-30(27)36)25-18-8-4-3-7-16(18)13-17(24(25)28(26)35)11-12-31(32,38-23)29(21)37-2/h3-10,17,21,23,29,33H,11-15,32H2,1-2H3,(H,34,36)/t17?,21-,23-,29-,31-/m1/s1. The molecule has 5 atom stereocenters. The van der Waals surface area contributed by atoms with Crippen LogP contribution in [-0.4, -0.2) is 42.5 Å². The van der Waals surface area contributed by atoms with Crippen molar-refractivity contribution in [3.05, 3.63) is 70.8 Å². The van der Waals surface area contributed by atoms with E-state index in [-0.39, 0.29) is 30.2 Å². The molecule has 4 heterocycles. The number of hydrogen-bond acceptors (Lipinski definition) is 5. The highest BCUT2D eigenvalue weighted by Crippen LogP contribution is 2.54. The first-order chi connectivity index (χ1) is 18.5. The number of aromatic nitrogens is 1.